The van der Waals surface area contributed by atoms with Crippen LogP contribution in [0.5, 0.6) is 0 Å². The molecule has 0 aromatic carbocycles. The first-order valence-electron chi connectivity index (χ1n) is 6.14. The number of nitrogens with zero attached hydrogens (tertiary/aromatic N) is 2. The topological polar surface area (TPSA) is 60.2 Å². The number of hydrogen-bond acceptors (Lipinski definition) is 5. The Morgan fingerprint density at radius 3 is 2.79 bits per heavy atom. The van der Waals surface area contributed by atoms with E-state index in [1.807, 2.05) is 0 Å². The summed E-state index contributed by atoms with van der Waals surface area (Å²) in [6.45, 7) is 3.93. The first-order valence-corrected chi connectivity index (χ1v) is 6.14. The third-order valence-electron chi connectivity index (χ3n) is 3.33. The molecule has 0 amide bonds. The van der Waals surface area contributed by atoms with E-state index in [0.29, 0.717) is 6.61 Å². The third-order valence-corrected chi connectivity index (χ3v) is 3.33. The molecule has 2 atom stereocenters. The second-order valence-electron chi connectivity index (χ2n) is 4.56. The number of rotatable bonds is 4. The molecule has 0 saturated carbocycles. The molecule has 0 aliphatic carbocycles. The summed E-state index contributed by atoms with van der Waals surface area (Å²) >= 11 is 0. The zero-order valence-electron chi connectivity index (χ0n) is 10.8. The molecule has 19 heavy (non-hydrogen) atoms. The molecule has 1 N–H and O–H groups in total. The summed E-state index contributed by atoms with van der Waals surface area (Å²) in [5.41, 5.74) is -2.08. The van der Waals surface area contributed by atoms with Crippen molar-refractivity contribution >= 4 is 0 Å². The van der Waals surface area contributed by atoms with Gasteiger partial charge in [0, 0.05) is 13.2 Å². The predicted molar refractivity (Wildman–Crippen MR) is 59.6 cm³/mol. The van der Waals surface area contributed by atoms with Crippen molar-refractivity contribution in [3.63, 3.8) is 0 Å². The Balaban J connectivity index is 2.29. The average molecular weight is 279 g/mol. The Morgan fingerprint density at radius 2 is 2.26 bits per heavy atom. The summed E-state index contributed by atoms with van der Waals surface area (Å²) in [7, 11) is 0. The lowest BCUT2D eigenvalue weighted by Gasteiger charge is -2.26. The van der Waals surface area contributed by atoms with Gasteiger partial charge >= 0.3 is 6.18 Å². The van der Waals surface area contributed by atoms with Crippen LogP contribution in [0.1, 0.15) is 38.1 Å². The van der Waals surface area contributed by atoms with Crippen molar-refractivity contribution in [2.24, 2.45) is 0 Å². The molecule has 0 spiro atoms. The molecule has 5 nitrogen and oxygen atoms in total. The van der Waals surface area contributed by atoms with Gasteiger partial charge in [-0.1, -0.05) is 5.16 Å². The van der Waals surface area contributed by atoms with Gasteiger partial charge in [-0.3, -0.25) is 0 Å². The van der Waals surface area contributed by atoms with E-state index in [4.69, 9.17) is 9.26 Å². The van der Waals surface area contributed by atoms with Crippen molar-refractivity contribution in [2.45, 2.75) is 38.0 Å². The molecule has 1 aliphatic rings. The molecular formula is C11H16F3N3O2. The molecule has 2 unspecified atom stereocenters. The normalized spacial score (nSPS) is 25.7. The van der Waals surface area contributed by atoms with Crippen LogP contribution in [-0.4, -0.2) is 36.0 Å². The molecule has 2 heterocycles. The van der Waals surface area contributed by atoms with Gasteiger partial charge in [-0.05, 0) is 26.8 Å². The summed E-state index contributed by atoms with van der Waals surface area (Å²) in [6, 6.07) is 0. The van der Waals surface area contributed by atoms with Gasteiger partial charge < -0.3 is 14.6 Å². The second-order valence-corrected chi connectivity index (χ2v) is 4.56. The quantitative estimate of drug-likeness (QED) is 0.913. The fourth-order valence-corrected chi connectivity index (χ4v) is 2.16. The van der Waals surface area contributed by atoms with E-state index in [1.165, 1.54) is 0 Å². The molecule has 1 fully saturated rings. The highest BCUT2D eigenvalue weighted by Gasteiger charge is 2.61. The van der Waals surface area contributed by atoms with Crippen LogP contribution in [0.2, 0.25) is 0 Å². The molecule has 1 aliphatic heterocycles. The van der Waals surface area contributed by atoms with Crippen LogP contribution in [0.25, 0.3) is 0 Å². The van der Waals surface area contributed by atoms with Crippen molar-refractivity contribution < 1.29 is 22.4 Å². The van der Waals surface area contributed by atoms with Gasteiger partial charge in [-0.25, -0.2) is 0 Å². The molecule has 1 aromatic heterocycles. The van der Waals surface area contributed by atoms with E-state index >= 15 is 0 Å². The Hall–Kier alpha value is -1.15. The smallest absolute Gasteiger partial charge is 0.371 e. The predicted octanol–water partition coefficient (Wildman–Crippen LogP) is 1.96. The van der Waals surface area contributed by atoms with Crippen molar-refractivity contribution in [1.82, 2.24) is 15.5 Å². The minimum atomic E-state index is -4.42. The number of aromatic nitrogens is 2. The van der Waals surface area contributed by atoms with Crippen molar-refractivity contribution in [3.8, 4) is 0 Å². The third kappa shape index (κ3) is 2.46. The molecule has 1 saturated heterocycles. The van der Waals surface area contributed by atoms with Crippen LogP contribution >= 0.6 is 0 Å². The lowest BCUT2D eigenvalue weighted by molar-refractivity contribution is -0.191. The van der Waals surface area contributed by atoms with E-state index in [9.17, 15) is 13.2 Å². The van der Waals surface area contributed by atoms with Crippen molar-refractivity contribution in [3.05, 3.63) is 11.7 Å². The highest BCUT2D eigenvalue weighted by atomic mass is 19.4. The van der Waals surface area contributed by atoms with Gasteiger partial charge in [0.05, 0.1) is 0 Å². The largest absolute Gasteiger partial charge is 0.404 e. The molecular weight excluding hydrogens is 263 g/mol. The Bertz CT molecular complexity index is 427. The maximum Gasteiger partial charge on any atom is 0.404 e. The van der Waals surface area contributed by atoms with Crippen LogP contribution in [-0.2, 0) is 10.2 Å². The average Bonchev–Trinajstić information content (AvgIpc) is 2.98. The summed E-state index contributed by atoms with van der Waals surface area (Å²) in [5.74, 6) is -0.237. The zero-order chi connectivity index (χ0) is 14.1. The SMILES string of the molecule is CCOC(C)c1noc(C2(C(F)(F)F)CCNC2)n1. The lowest BCUT2D eigenvalue weighted by Crippen LogP contribution is -2.44. The summed E-state index contributed by atoms with van der Waals surface area (Å²) in [4.78, 5) is 3.89. The minimum Gasteiger partial charge on any atom is -0.371 e. The van der Waals surface area contributed by atoms with Gasteiger partial charge in [0.2, 0.25) is 5.89 Å². The number of ether oxygens (including phenoxy) is 1. The van der Waals surface area contributed by atoms with Gasteiger partial charge in [-0.2, -0.15) is 18.2 Å². The highest BCUT2D eigenvalue weighted by Crippen LogP contribution is 2.44. The first kappa shape index (κ1) is 14.3. The Labute approximate surface area is 108 Å². The number of halogens is 3. The standard InChI is InChI=1S/C11H16F3N3O2/c1-3-18-7(2)8-16-9(19-17-8)10(11(12,13)14)4-5-15-6-10/h7,15H,3-6H2,1-2H3. The minimum absolute atomic E-state index is 0.0961. The number of alkyl halides is 3. The van der Waals surface area contributed by atoms with E-state index in [0.717, 1.165) is 0 Å². The molecule has 1 aromatic rings. The highest BCUT2D eigenvalue weighted by molar-refractivity contribution is 5.14. The van der Waals surface area contributed by atoms with Crippen LogP contribution in [0.4, 0.5) is 13.2 Å². The summed E-state index contributed by atoms with van der Waals surface area (Å²) in [5, 5.41) is 6.30. The molecule has 2 rings (SSSR count). The van der Waals surface area contributed by atoms with Gasteiger partial charge in [-0.15, -0.1) is 0 Å². The van der Waals surface area contributed by atoms with Gasteiger partial charge in [0.15, 0.2) is 11.2 Å². The van der Waals surface area contributed by atoms with Gasteiger partial charge in [0.1, 0.15) is 6.10 Å². The van der Waals surface area contributed by atoms with Crippen LogP contribution in [0.15, 0.2) is 4.52 Å². The van der Waals surface area contributed by atoms with E-state index in [2.05, 4.69) is 15.5 Å². The van der Waals surface area contributed by atoms with E-state index in [-0.39, 0.29) is 31.2 Å². The van der Waals surface area contributed by atoms with Gasteiger partial charge in [0.25, 0.3) is 0 Å². The number of nitrogens with one attached hydrogen (secondary N) is 1. The molecule has 8 heteroatoms. The fraction of sp³-hybridized carbons (Fsp3) is 0.818. The van der Waals surface area contributed by atoms with Crippen molar-refractivity contribution in [2.75, 3.05) is 19.7 Å². The monoisotopic (exact) mass is 279 g/mol. The first-order chi connectivity index (χ1) is 8.90. The van der Waals surface area contributed by atoms with Crippen LogP contribution in [0, 0.1) is 0 Å². The molecule has 108 valence electrons. The maximum atomic E-state index is 13.3. The Kier molecular flexibility index (Phi) is 3.82. The second kappa shape index (κ2) is 5.09. The van der Waals surface area contributed by atoms with Crippen molar-refractivity contribution in [1.29, 1.82) is 0 Å². The fourth-order valence-electron chi connectivity index (χ4n) is 2.16. The van der Waals surface area contributed by atoms with Crippen LogP contribution in [0.3, 0.4) is 0 Å². The number of hydrogen-bond donors (Lipinski definition) is 1. The molecule has 0 radical (unpaired) electrons. The summed E-state index contributed by atoms with van der Waals surface area (Å²) < 4.78 is 49.9. The van der Waals surface area contributed by atoms with E-state index in [1.54, 1.807) is 13.8 Å². The summed E-state index contributed by atoms with van der Waals surface area (Å²) in [6.07, 6.45) is -5.00. The van der Waals surface area contributed by atoms with Crippen LogP contribution < -0.4 is 5.32 Å². The van der Waals surface area contributed by atoms with E-state index < -0.39 is 17.7 Å². The molecule has 0 bridgehead atoms. The lowest BCUT2D eigenvalue weighted by atomic mass is 9.86. The maximum absolute atomic E-state index is 13.3. The zero-order valence-corrected chi connectivity index (χ0v) is 10.8. The Morgan fingerprint density at radius 1 is 1.53 bits per heavy atom.